The van der Waals surface area contributed by atoms with Crippen molar-refractivity contribution in [2.75, 3.05) is 11.9 Å². The lowest BCUT2D eigenvalue weighted by Gasteiger charge is -2.14. The van der Waals surface area contributed by atoms with Crippen LogP contribution >= 0.6 is 23.2 Å². The molecule has 20 heavy (non-hydrogen) atoms. The molecule has 0 aromatic heterocycles. The van der Waals surface area contributed by atoms with Gasteiger partial charge in [0.25, 0.3) is 0 Å². The molecule has 1 atom stereocenters. The molecule has 0 radical (unpaired) electrons. The van der Waals surface area contributed by atoms with Gasteiger partial charge in [0.2, 0.25) is 0 Å². The van der Waals surface area contributed by atoms with E-state index in [4.69, 9.17) is 23.2 Å². The third-order valence-electron chi connectivity index (χ3n) is 3.63. The molecular formula is C16H14Cl2FN. The van der Waals surface area contributed by atoms with E-state index < -0.39 is 6.17 Å². The van der Waals surface area contributed by atoms with Gasteiger partial charge in [-0.1, -0.05) is 47.5 Å². The Kier molecular flexibility index (Phi) is 3.86. The van der Waals surface area contributed by atoms with E-state index in [2.05, 4.69) is 5.32 Å². The monoisotopic (exact) mass is 309 g/mol. The summed E-state index contributed by atoms with van der Waals surface area (Å²) in [5.74, 6) is 0. The maximum atomic E-state index is 14.6. The summed E-state index contributed by atoms with van der Waals surface area (Å²) in [6, 6.07) is 11.0. The number of nitrogens with one attached hydrogen (secondary N) is 1. The smallest absolute Gasteiger partial charge is 0.131 e. The maximum Gasteiger partial charge on any atom is 0.131 e. The van der Waals surface area contributed by atoms with Crippen molar-refractivity contribution in [3.63, 3.8) is 0 Å². The minimum Gasteiger partial charge on any atom is -0.384 e. The number of rotatable bonds is 3. The van der Waals surface area contributed by atoms with E-state index in [0.29, 0.717) is 15.6 Å². The van der Waals surface area contributed by atoms with Crippen molar-refractivity contribution in [3.8, 4) is 0 Å². The van der Waals surface area contributed by atoms with Gasteiger partial charge in [0, 0.05) is 34.3 Å². The highest BCUT2D eigenvalue weighted by Crippen LogP contribution is 2.35. The Balaban J connectivity index is 1.86. The fourth-order valence-corrected chi connectivity index (χ4v) is 3.10. The molecule has 3 rings (SSSR count). The molecule has 0 amide bonds. The van der Waals surface area contributed by atoms with Gasteiger partial charge < -0.3 is 5.32 Å². The third-order valence-corrected chi connectivity index (χ3v) is 4.22. The van der Waals surface area contributed by atoms with Crippen LogP contribution in [-0.4, -0.2) is 6.54 Å². The molecule has 104 valence electrons. The number of hydrogen-bond acceptors (Lipinski definition) is 1. The minimum absolute atomic E-state index is 0.258. The van der Waals surface area contributed by atoms with Crippen molar-refractivity contribution in [3.05, 3.63) is 63.1 Å². The largest absolute Gasteiger partial charge is 0.384 e. The number of halogens is 3. The summed E-state index contributed by atoms with van der Waals surface area (Å²) in [6.07, 6.45) is 0.139. The fraction of sp³-hybridized carbons (Fsp3) is 0.250. The molecule has 0 saturated heterocycles. The van der Waals surface area contributed by atoms with Crippen molar-refractivity contribution in [1.29, 1.82) is 0 Å². The number of anilines is 1. The Morgan fingerprint density at radius 2 is 2.05 bits per heavy atom. The maximum absolute atomic E-state index is 14.6. The van der Waals surface area contributed by atoms with Gasteiger partial charge >= 0.3 is 0 Å². The van der Waals surface area contributed by atoms with Crippen LogP contribution in [0.2, 0.25) is 10.0 Å². The predicted molar refractivity (Wildman–Crippen MR) is 82.7 cm³/mol. The molecule has 2 aromatic carbocycles. The number of hydrogen-bond donors (Lipinski definition) is 1. The van der Waals surface area contributed by atoms with Crippen LogP contribution in [0.25, 0.3) is 0 Å². The number of fused-ring (bicyclic) bond motifs is 1. The lowest BCUT2D eigenvalue weighted by atomic mass is 9.99. The zero-order chi connectivity index (χ0) is 14.1. The van der Waals surface area contributed by atoms with E-state index in [1.165, 1.54) is 5.56 Å². The summed E-state index contributed by atoms with van der Waals surface area (Å²) in [6.45, 7) is 0.876. The minimum atomic E-state index is -1.07. The van der Waals surface area contributed by atoms with Crippen molar-refractivity contribution in [2.45, 2.75) is 19.0 Å². The lowest BCUT2D eigenvalue weighted by molar-refractivity contribution is 0.343. The second-order valence-corrected chi connectivity index (χ2v) is 5.81. The fourth-order valence-electron chi connectivity index (χ4n) is 2.62. The Morgan fingerprint density at radius 3 is 2.85 bits per heavy atom. The molecule has 1 aliphatic rings. The molecule has 0 spiro atoms. The molecule has 1 unspecified atom stereocenters. The standard InChI is InChI=1S/C16H14Cl2FN/c17-12-5-4-11(14(18)9-12)8-15(19)13-3-1-2-10-6-7-20-16(10)13/h1-5,9,15,20H,6-8H2. The molecular weight excluding hydrogens is 296 g/mol. The molecule has 1 aliphatic heterocycles. The summed E-state index contributed by atoms with van der Waals surface area (Å²) in [5.41, 5.74) is 3.63. The van der Waals surface area contributed by atoms with E-state index in [-0.39, 0.29) is 6.42 Å². The molecule has 0 aliphatic carbocycles. The summed E-state index contributed by atoms with van der Waals surface area (Å²) in [4.78, 5) is 0. The van der Waals surface area contributed by atoms with E-state index in [1.54, 1.807) is 18.2 Å². The molecule has 1 N–H and O–H groups in total. The number of para-hydroxylation sites is 1. The SMILES string of the molecule is FC(Cc1ccc(Cl)cc1Cl)c1cccc2c1NCC2. The van der Waals surface area contributed by atoms with Gasteiger partial charge in [-0.15, -0.1) is 0 Å². The van der Waals surface area contributed by atoms with E-state index in [9.17, 15) is 4.39 Å². The van der Waals surface area contributed by atoms with Crippen molar-refractivity contribution >= 4 is 28.9 Å². The van der Waals surface area contributed by atoms with E-state index in [1.807, 2.05) is 18.2 Å². The lowest BCUT2D eigenvalue weighted by Crippen LogP contribution is -2.02. The first-order valence-corrected chi connectivity index (χ1v) is 7.34. The highest BCUT2D eigenvalue weighted by Gasteiger charge is 2.21. The molecule has 0 saturated carbocycles. The summed E-state index contributed by atoms with van der Waals surface area (Å²) in [7, 11) is 0. The highest BCUT2D eigenvalue weighted by molar-refractivity contribution is 6.35. The Morgan fingerprint density at radius 1 is 1.20 bits per heavy atom. The quantitative estimate of drug-likeness (QED) is 0.820. The number of benzene rings is 2. The molecule has 4 heteroatoms. The normalized spacial score (nSPS) is 14.8. The molecule has 2 aromatic rings. The van der Waals surface area contributed by atoms with Crippen LogP contribution in [0.4, 0.5) is 10.1 Å². The average molecular weight is 310 g/mol. The van der Waals surface area contributed by atoms with Gasteiger partial charge in [0.1, 0.15) is 6.17 Å². The molecule has 0 fully saturated rings. The van der Waals surface area contributed by atoms with Crippen LogP contribution in [0.5, 0.6) is 0 Å². The van der Waals surface area contributed by atoms with Crippen molar-refractivity contribution < 1.29 is 4.39 Å². The van der Waals surface area contributed by atoms with Crippen LogP contribution in [-0.2, 0) is 12.8 Å². The highest BCUT2D eigenvalue weighted by atomic mass is 35.5. The van der Waals surface area contributed by atoms with Crippen LogP contribution in [0.1, 0.15) is 22.9 Å². The Hall–Kier alpha value is -1.25. The first kappa shape index (κ1) is 13.7. The molecule has 0 bridgehead atoms. The van der Waals surface area contributed by atoms with Gasteiger partial charge in [-0.3, -0.25) is 0 Å². The van der Waals surface area contributed by atoms with E-state index in [0.717, 1.165) is 24.2 Å². The van der Waals surface area contributed by atoms with Crippen molar-refractivity contribution in [2.24, 2.45) is 0 Å². The van der Waals surface area contributed by atoms with Crippen molar-refractivity contribution in [1.82, 2.24) is 0 Å². The van der Waals surface area contributed by atoms with Gasteiger partial charge in [-0.25, -0.2) is 4.39 Å². The second-order valence-electron chi connectivity index (χ2n) is 4.97. The van der Waals surface area contributed by atoms with Gasteiger partial charge in [-0.05, 0) is 29.7 Å². The van der Waals surface area contributed by atoms with Gasteiger partial charge in [0.05, 0.1) is 0 Å². The van der Waals surface area contributed by atoms with Crippen LogP contribution in [0.15, 0.2) is 36.4 Å². The first-order valence-electron chi connectivity index (χ1n) is 6.59. The average Bonchev–Trinajstić information content (AvgIpc) is 2.90. The molecule has 1 heterocycles. The summed E-state index contributed by atoms with van der Waals surface area (Å²) in [5, 5.41) is 4.35. The van der Waals surface area contributed by atoms with Gasteiger partial charge in [-0.2, -0.15) is 0 Å². The van der Waals surface area contributed by atoms with Crippen LogP contribution < -0.4 is 5.32 Å². The topological polar surface area (TPSA) is 12.0 Å². The summed E-state index contributed by atoms with van der Waals surface area (Å²) < 4.78 is 14.6. The Labute approximate surface area is 127 Å². The van der Waals surface area contributed by atoms with E-state index >= 15 is 0 Å². The van der Waals surface area contributed by atoms with Crippen LogP contribution in [0, 0.1) is 0 Å². The third kappa shape index (κ3) is 2.63. The first-order chi connectivity index (χ1) is 9.65. The number of alkyl halides is 1. The zero-order valence-electron chi connectivity index (χ0n) is 10.8. The predicted octanol–water partition coefficient (Wildman–Crippen LogP) is 5.21. The Bertz CT molecular complexity index is 642. The zero-order valence-corrected chi connectivity index (χ0v) is 12.3. The van der Waals surface area contributed by atoms with Crippen LogP contribution in [0.3, 0.4) is 0 Å². The second kappa shape index (κ2) is 5.63. The molecule has 1 nitrogen and oxygen atoms in total. The summed E-state index contributed by atoms with van der Waals surface area (Å²) >= 11 is 12.0. The van der Waals surface area contributed by atoms with Gasteiger partial charge in [0.15, 0.2) is 0 Å².